The summed E-state index contributed by atoms with van der Waals surface area (Å²) in [7, 11) is 1.68. The van der Waals surface area contributed by atoms with Crippen LogP contribution in [-0.4, -0.2) is 201 Å². The molecule has 0 aromatic heterocycles. The fourth-order valence-electron chi connectivity index (χ4n) is 4.31. The van der Waals surface area contributed by atoms with E-state index >= 15 is 0 Å². The van der Waals surface area contributed by atoms with Gasteiger partial charge in [-0.3, -0.25) is 4.79 Å². The Morgan fingerprint density at radius 1 is 0.404 bits per heavy atom. The Labute approximate surface area is 343 Å². The highest BCUT2D eigenvalue weighted by Crippen LogP contribution is 2.09. The van der Waals surface area contributed by atoms with E-state index in [2.05, 4.69) is 6.92 Å². The summed E-state index contributed by atoms with van der Waals surface area (Å²) in [6.45, 7) is 19.7. The minimum absolute atomic E-state index is 0.152. The molecule has 0 aliphatic rings. The molecule has 0 radical (unpaired) electrons. The molecule has 0 fully saturated rings. The Morgan fingerprint density at radius 3 is 0.982 bits per heavy atom. The predicted octanol–water partition coefficient (Wildman–Crippen LogP) is 3.96. The van der Waals surface area contributed by atoms with Crippen molar-refractivity contribution >= 4 is 12.1 Å². The molecule has 340 valence electrons. The van der Waals surface area contributed by atoms with E-state index in [-0.39, 0.29) is 18.7 Å². The zero-order valence-corrected chi connectivity index (χ0v) is 36.1. The van der Waals surface area contributed by atoms with Gasteiger partial charge in [0.1, 0.15) is 12.2 Å². The second kappa shape index (κ2) is 43.8. The van der Waals surface area contributed by atoms with Gasteiger partial charge in [0.15, 0.2) is 0 Å². The maximum atomic E-state index is 11.9. The summed E-state index contributed by atoms with van der Waals surface area (Å²) >= 11 is 0. The second-order valence-corrected chi connectivity index (χ2v) is 13.6. The van der Waals surface area contributed by atoms with Crippen molar-refractivity contribution in [2.24, 2.45) is 0 Å². The van der Waals surface area contributed by atoms with Crippen molar-refractivity contribution in [3.63, 3.8) is 0 Å². The van der Waals surface area contributed by atoms with Gasteiger partial charge in [0.05, 0.1) is 159 Å². The van der Waals surface area contributed by atoms with Gasteiger partial charge in [-0.25, -0.2) is 4.79 Å². The molecule has 0 aromatic carbocycles. The molecule has 17 nitrogen and oxygen atoms in total. The van der Waals surface area contributed by atoms with Gasteiger partial charge in [0.25, 0.3) is 0 Å². The van der Waals surface area contributed by atoms with Gasteiger partial charge < -0.3 is 71.2 Å². The van der Waals surface area contributed by atoms with Crippen molar-refractivity contribution in [2.75, 3.05) is 179 Å². The summed E-state index contributed by atoms with van der Waals surface area (Å²) in [5.41, 5.74) is -0.515. The Kier molecular flexibility index (Phi) is 42.5. The van der Waals surface area contributed by atoms with Crippen LogP contribution in [0.1, 0.15) is 66.2 Å². The van der Waals surface area contributed by atoms with Crippen LogP contribution < -0.4 is 0 Å². The van der Waals surface area contributed by atoms with Gasteiger partial charge in [-0.1, -0.05) is 32.6 Å². The number of hydrogen-bond donors (Lipinski definition) is 0. The molecule has 17 heteroatoms. The average molecular weight is 830 g/mol. The van der Waals surface area contributed by atoms with Gasteiger partial charge in [0.2, 0.25) is 0 Å². The molecule has 0 aliphatic heterocycles. The molecule has 0 saturated heterocycles. The van der Waals surface area contributed by atoms with Crippen LogP contribution >= 0.6 is 0 Å². The monoisotopic (exact) mass is 830 g/mol. The minimum Gasteiger partial charge on any atom is -0.463 e. The van der Waals surface area contributed by atoms with Crippen LogP contribution in [0.5, 0.6) is 0 Å². The van der Waals surface area contributed by atoms with Crippen LogP contribution in [0.25, 0.3) is 0 Å². The zero-order valence-electron chi connectivity index (χ0n) is 36.1. The largest absolute Gasteiger partial charge is 0.463 e. The quantitative estimate of drug-likeness (QED) is 0.0639. The smallest absolute Gasteiger partial charge is 0.410 e. The Balaban J connectivity index is 3.15. The molecule has 0 rings (SSSR count). The number of nitrogens with zero attached hydrogens (tertiary/aromatic N) is 1. The number of amides is 1. The predicted molar refractivity (Wildman–Crippen MR) is 213 cm³/mol. The highest BCUT2D eigenvalue weighted by molar-refractivity contribution is 5.69. The van der Waals surface area contributed by atoms with E-state index in [0.29, 0.717) is 172 Å². The Bertz CT molecular complexity index is 851. The number of carbonyl (C=O) groups excluding carboxylic acids is 2. The number of esters is 1. The fraction of sp³-hybridized carbons (Fsp3) is 0.950. The number of likely N-dealkylation sites (N-methyl/N-ethyl adjacent to an activating group) is 1. The van der Waals surface area contributed by atoms with Crippen LogP contribution in [0.4, 0.5) is 4.79 Å². The molecule has 0 bridgehead atoms. The van der Waals surface area contributed by atoms with Crippen molar-refractivity contribution in [3.05, 3.63) is 0 Å². The van der Waals surface area contributed by atoms with E-state index in [1.165, 1.54) is 24.2 Å². The zero-order chi connectivity index (χ0) is 41.8. The first kappa shape index (κ1) is 55.3. The molecular formula is C40H79NO16. The number of hydrogen-bond acceptors (Lipinski definition) is 16. The highest BCUT2D eigenvalue weighted by atomic mass is 16.6. The van der Waals surface area contributed by atoms with Crippen LogP contribution in [-0.2, 0) is 71.1 Å². The van der Waals surface area contributed by atoms with E-state index in [9.17, 15) is 9.59 Å². The van der Waals surface area contributed by atoms with E-state index in [1.807, 2.05) is 20.8 Å². The van der Waals surface area contributed by atoms with E-state index in [4.69, 9.17) is 66.3 Å². The van der Waals surface area contributed by atoms with Crippen molar-refractivity contribution in [2.45, 2.75) is 71.8 Å². The van der Waals surface area contributed by atoms with Crippen molar-refractivity contribution in [3.8, 4) is 0 Å². The van der Waals surface area contributed by atoms with Crippen LogP contribution in [0.15, 0.2) is 0 Å². The molecule has 0 aromatic rings. The third-order valence-electron chi connectivity index (χ3n) is 7.34. The second-order valence-electron chi connectivity index (χ2n) is 13.6. The Morgan fingerprint density at radius 2 is 0.684 bits per heavy atom. The van der Waals surface area contributed by atoms with Gasteiger partial charge in [-0.15, -0.1) is 0 Å². The first-order valence-corrected chi connectivity index (χ1v) is 20.8. The lowest BCUT2D eigenvalue weighted by Crippen LogP contribution is -2.36. The first-order chi connectivity index (χ1) is 27.8. The van der Waals surface area contributed by atoms with Gasteiger partial charge >= 0.3 is 12.1 Å². The summed E-state index contributed by atoms with van der Waals surface area (Å²) in [6, 6.07) is 0. The number of carbonyl (C=O) groups is 2. The molecule has 1 amide bonds. The average Bonchev–Trinajstić information content (AvgIpc) is 3.18. The lowest BCUT2D eigenvalue weighted by Gasteiger charge is -2.24. The summed E-state index contributed by atoms with van der Waals surface area (Å²) in [4.78, 5) is 25.0. The molecule has 0 heterocycles. The topological polar surface area (TPSA) is 167 Å². The van der Waals surface area contributed by atoms with E-state index in [1.54, 1.807) is 7.05 Å². The normalized spacial score (nSPS) is 11.7. The molecule has 0 atom stereocenters. The lowest BCUT2D eigenvalue weighted by atomic mass is 10.1. The molecule has 0 spiro atoms. The van der Waals surface area contributed by atoms with Gasteiger partial charge in [-0.2, -0.15) is 0 Å². The highest BCUT2D eigenvalue weighted by Gasteiger charge is 2.19. The van der Waals surface area contributed by atoms with Crippen molar-refractivity contribution < 1.29 is 75.9 Å². The molecule has 0 saturated carbocycles. The van der Waals surface area contributed by atoms with E-state index < -0.39 is 5.60 Å². The van der Waals surface area contributed by atoms with Crippen LogP contribution in [0, 0.1) is 0 Å². The number of ether oxygens (including phenoxy) is 14. The molecule has 0 aliphatic carbocycles. The molecule has 0 N–H and O–H groups in total. The maximum Gasteiger partial charge on any atom is 0.410 e. The first-order valence-electron chi connectivity index (χ1n) is 20.8. The summed E-state index contributed by atoms with van der Waals surface area (Å²) in [6.07, 6.45) is 5.68. The molecule has 0 unspecified atom stereocenters. The SMILES string of the molecule is CCCCCCCC(=O)OCCOCCOCCOCCOCCOCCOCCOCCOCCOCCOCCOCCOCCN(C)C(=O)OC(C)(C)C. The third-order valence-corrected chi connectivity index (χ3v) is 7.34. The lowest BCUT2D eigenvalue weighted by molar-refractivity contribution is -0.145. The summed E-state index contributed by atoms with van der Waals surface area (Å²) in [5, 5.41) is 0. The van der Waals surface area contributed by atoms with E-state index in [0.717, 1.165) is 12.8 Å². The third kappa shape index (κ3) is 46.8. The van der Waals surface area contributed by atoms with Crippen LogP contribution in [0.2, 0.25) is 0 Å². The number of rotatable bonds is 45. The van der Waals surface area contributed by atoms with Gasteiger partial charge in [-0.05, 0) is 27.2 Å². The van der Waals surface area contributed by atoms with Crippen molar-refractivity contribution in [1.82, 2.24) is 4.90 Å². The molecular weight excluding hydrogens is 750 g/mol. The van der Waals surface area contributed by atoms with Crippen LogP contribution in [0.3, 0.4) is 0 Å². The minimum atomic E-state index is -0.515. The summed E-state index contributed by atoms with van der Waals surface area (Å²) < 4.78 is 76.2. The van der Waals surface area contributed by atoms with Crippen molar-refractivity contribution in [1.29, 1.82) is 0 Å². The standard InChI is InChI=1S/C40H79NO16/c1-6-7-8-9-10-11-38(42)56-37-36-55-35-34-54-33-32-53-31-30-52-29-28-51-27-26-50-25-24-49-23-22-48-21-20-47-19-18-46-17-16-45-15-14-44-13-12-41(5)39(43)57-40(2,3)4/h6-37H2,1-5H3. The van der Waals surface area contributed by atoms with Gasteiger partial charge in [0, 0.05) is 20.0 Å². The molecule has 57 heavy (non-hydrogen) atoms. The number of unbranched alkanes of at least 4 members (excludes halogenated alkanes) is 4. The Hall–Kier alpha value is -1.74. The fourth-order valence-corrected chi connectivity index (χ4v) is 4.31. The summed E-state index contributed by atoms with van der Waals surface area (Å²) in [5.74, 6) is -0.152. The maximum absolute atomic E-state index is 11.9.